The second-order valence-electron chi connectivity index (χ2n) is 4.88. The Bertz CT molecular complexity index is 587. The number of alkyl carbamates (subject to hydrolysis) is 1. The number of amidine groups is 1. The average Bonchev–Trinajstić information content (AvgIpc) is 2.74. The first-order valence-corrected chi connectivity index (χ1v) is 6.37. The van der Waals surface area contributed by atoms with E-state index in [0.29, 0.717) is 5.32 Å². The zero-order valence-corrected chi connectivity index (χ0v) is 12.5. The molecule has 0 aromatic heterocycles. The third kappa shape index (κ3) is 3.47. The Hall–Kier alpha value is -1.94. The van der Waals surface area contributed by atoms with Gasteiger partial charge >= 0.3 is 36.5 Å². The summed E-state index contributed by atoms with van der Waals surface area (Å²) in [6, 6.07) is 0. The van der Waals surface area contributed by atoms with Crippen molar-refractivity contribution in [2.45, 2.75) is 42.8 Å². The highest BCUT2D eigenvalue weighted by molar-refractivity contribution is 6.04. The van der Waals surface area contributed by atoms with Gasteiger partial charge in [0, 0.05) is 0 Å². The molecule has 0 atom stereocenters. The van der Waals surface area contributed by atoms with Crippen LogP contribution < -0.4 is 10.6 Å². The van der Waals surface area contributed by atoms with Crippen LogP contribution in [0.5, 0.6) is 0 Å². The van der Waals surface area contributed by atoms with E-state index in [1.165, 1.54) is 0 Å². The van der Waals surface area contributed by atoms with Gasteiger partial charge in [0.25, 0.3) is 5.54 Å². The van der Waals surface area contributed by atoms with Crippen molar-refractivity contribution in [1.29, 1.82) is 0 Å². The largest absolute Gasteiger partial charge is 0.450 e. The second kappa shape index (κ2) is 6.30. The lowest BCUT2D eigenvalue weighted by Gasteiger charge is -2.38. The van der Waals surface area contributed by atoms with E-state index in [9.17, 15) is 57.5 Å². The van der Waals surface area contributed by atoms with Gasteiger partial charge in [-0.1, -0.05) is 0 Å². The van der Waals surface area contributed by atoms with Crippen LogP contribution in [0.4, 0.5) is 57.5 Å². The van der Waals surface area contributed by atoms with E-state index in [-0.39, 0.29) is 0 Å². The van der Waals surface area contributed by atoms with Crippen molar-refractivity contribution in [2.75, 3.05) is 6.61 Å². The third-order valence-corrected chi connectivity index (χ3v) is 3.17. The number of nitrogens with one attached hydrogen (secondary N) is 2. The number of aliphatic imine (C=N–C) groups is 1. The topological polar surface area (TPSA) is 62.7 Å². The summed E-state index contributed by atoms with van der Waals surface area (Å²) >= 11 is 0. The van der Waals surface area contributed by atoms with Gasteiger partial charge in [-0.3, -0.25) is 5.32 Å². The second-order valence-corrected chi connectivity index (χ2v) is 4.88. The molecular weight excluding hydrogens is 422 g/mol. The van der Waals surface area contributed by atoms with Gasteiger partial charge in [-0.25, -0.2) is 15.1 Å². The zero-order valence-electron chi connectivity index (χ0n) is 12.5. The van der Waals surface area contributed by atoms with Crippen LogP contribution >= 0.6 is 0 Å². The van der Waals surface area contributed by atoms with Crippen LogP contribution in [0.15, 0.2) is 4.99 Å². The highest BCUT2D eigenvalue weighted by atomic mass is 19.4. The summed E-state index contributed by atoms with van der Waals surface area (Å²) in [5.74, 6) is -3.02. The number of hydrogen-bond acceptors (Lipinski definition) is 4. The molecule has 0 unspecified atom stereocenters. The van der Waals surface area contributed by atoms with E-state index in [2.05, 4.69) is 4.74 Å². The highest BCUT2D eigenvalue weighted by Gasteiger charge is 2.86. The molecule has 0 fully saturated rings. The molecular formula is C10H7F12N3O2. The molecule has 1 heterocycles. The molecule has 17 heteroatoms. The predicted octanol–water partition coefficient (Wildman–Crippen LogP) is 3.42. The zero-order chi connectivity index (χ0) is 21.7. The molecule has 0 bridgehead atoms. The number of carbonyl (C=O) groups is 1. The van der Waals surface area contributed by atoms with Crippen molar-refractivity contribution in [1.82, 2.24) is 10.6 Å². The summed E-state index contributed by atoms with van der Waals surface area (Å²) in [4.78, 5) is 12.7. The summed E-state index contributed by atoms with van der Waals surface area (Å²) in [5, 5.41) is 0.0705. The summed E-state index contributed by atoms with van der Waals surface area (Å²) in [6.45, 7) is 0.325. The van der Waals surface area contributed by atoms with Crippen molar-refractivity contribution in [3.8, 4) is 0 Å². The number of nitrogens with zero attached hydrogens (tertiary/aromatic N) is 1. The summed E-state index contributed by atoms with van der Waals surface area (Å²) in [7, 11) is 0. The number of rotatable bonds is 1. The smallest absolute Gasteiger partial charge is 0.436 e. The van der Waals surface area contributed by atoms with Crippen LogP contribution in [0.1, 0.15) is 6.92 Å². The van der Waals surface area contributed by atoms with Gasteiger partial charge in [-0.15, -0.1) is 0 Å². The maximum absolute atomic E-state index is 13.1. The Kier molecular flexibility index (Phi) is 5.39. The number of carbonyl (C=O) groups excluding carboxylic acids is 1. The monoisotopic (exact) mass is 429 g/mol. The van der Waals surface area contributed by atoms with Gasteiger partial charge in [-0.05, 0) is 6.92 Å². The van der Waals surface area contributed by atoms with Gasteiger partial charge < -0.3 is 4.74 Å². The standard InChI is InChI=1S/C10H7F12N3O2/c1-2-27-4(26)23-3-5(7(11,12)13,8(14,15)16)25-6(24-3,9(17,18)19)10(20,21)22/h25H,2H2,1H3,(H,23,24,26). The normalized spacial score (nSPS) is 20.3. The van der Waals surface area contributed by atoms with E-state index >= 15 is 0 Å². The molecule has 0 spiro atoms. The molecule has 0 aliphatic carbocycles. The molecule has 0 aromatic carbocycles. The average molecular weight is 429 g/mol. The van der Waals surface area contributed by atoms with Gasteiger partial charge in [0.15, 0.2) is 0 Å². The molecule has 2 N–H and O–H groups in total. The molecule has 27 heavy (non-hydrogen) atoms. The molecule has 0 saturated heterocycles. The first kappa shape index (κ1) is 23.1. The van der Waals surface area contributed by atoms with Crippen molar-refractivity contribution in [3.63, 3.8) is 0 Å². The Balaban J connectivity index is 3.84. The Morgan fingerprint density at radius 1 is 0.926 bits per heavy atom. The van der Waals surface area contributed by atoms with E-state index in [4.69, 9.17) is 0 Å². The minimum Gasteiger partial charge on any atom is -0.450 e. The Morgan fingerprint density at radius 3 is 1.63 bits per heavy atom. The molecule has 1 aliphatic heterocycles. The molecule has 1 aliphatic rings. The van der Waals surface area contributed by atoms with Crippen molar-refractivity contribution < 1.29 is 62.2 Å². The molecule has 0 saturated carbocycles. The van der Waals surface area contributed by atoms with Crippen LogP contribution in [-0.4, -0.2) is 54.4 Å². The lowest BCUT2D eigenvalue weighted by atomic mass is 9.95. The molecule has 1 amide bonds. The lowest BCUT2D eigenvalue weighted by Crippen LogP contribution is -2.77. The Labute approximate surface area is 140 Å². The van der Waals surface area contributed by atoms with E-state index in [1.807, 2.05) is 0 Å². The Morgan fingerprint density at radius 2 is 1.33 bits per heavy atom. The summed E-state index contributed by atoms with van der Waals surface area (Å²) in [6.07, 6.45) is -29.4. The number of hydrogen-bond donors (Lipinski definition) is 2. The fourth-order valence-corrected chi connectivity index (χ4v) is 2.00. The van der Waals surface area contributed by atoms with Gasteiger partial charge in [-0.2, -0.15) is 52.7 Å². The lowest BCUT2D eigenvalue weighted by molar-refractivity contribution is -0.333. The first-order chi connectivity index (χ1) is 11.8. The fraction of sp³-hybridized carbons (Fsp3) is 0.800. The van der Waals surface area contributed by atoms with Crippen LogP contribution in [-0.2, 0) is 4.74 Å². The molecule has 5 nitrogen and oxygen atoms in total. The van der Waals surface area contributed by atoms with Crippen LogP contribution in [0, 0.1) is 0 Å². The number of ether oxygens (including phenoxy) is 1. The summed E-state index contributed by atoms with van der Waals surface area (Å²) < 4.78 is 160. The summed E-state index contributed by atoms with van der Waals surface area (Å²) in [5.41, 5.74) is -12.0. The van der Waals surface area contributed by atoms with E-state index in [1.54, 1.807) is 4.99 Å². The molecule has 0 radical (unpaired) electrons. The van der Waals surface area contributed by atoms with Gasteiger partial charge in [0.2, 0.25) is 0 Å². The number of amides is 1. The predicted molar refractivity (Wildman–Crippen MR) is 60.4 cm³/mol. The van der Waals surface area contributed by atoms with Gasteiger partial charge in [0.1, 0.15) is 5.84 Å². The maximum atomic E-state index is 13.1. The van der Waals surface area contributed by atoms with Crippen LogP contribution in [0.3, 0.4) is 0 Å². The third-order valence-electron chi connectivity index (χ3n) is 3.17. The molecule has 1 rings (SSSR count). The number of alkyl halides is 12. The van der Waals surface area contributed by atoms with Crippen molar-refractivity contribution in [3.05, 3.63) is 0 Å². The minimum absolute atomic E-state index is 0.499. The van der Waals surface area contributed by atoms with E-state index < -0.39 is 59.8 Å². The van der Waals surface area contributed by atoms with Crippen molar-refractivity contribution >= 4 is 11.9 Å². The first-order valence-electron chi connectivity index (χ1n) is 6.37. The minimum atomic E-state index is -6.83. The molecule has 158 valence electrons. The van der Waals surface area contributed by atoms with Crippen LogP contribution in [0.2, 0.25) is 0 Å². The quantitative estimate of drug-likeness (QED) is 0.629. The van der Waals surface area contributed by atoms with Gasteiger partial charge in [0.05, 0.1) is 6.61 Å². The van der Waals surface area contributed by atoms with Crippen LogP contribution in [0.25, 0.3) is 0 Å². The maximum Gasteiger partial charge on any atom is 0.436 e. The SMILES string of the molecule is CCOC(=O)NC1=NC(C(F)(F)F)(C(F)(F)F)NC1(C(F)(F)F)C(F)(F)F. The fourth-order valence-electron chi connectivity index (χ4n) is 2.00. The van der Waals surface area contributed by atoms with E-state index in [0.717, 1.165) is 6.92 Å². The molecule has 0 aromatic rings. The van der Waals surface area contributed by atoms with Crippen molar-refractivity contribution in [2.24, 2.45) is 4.99 Å². The number of halogens is 12. The highest BCUT2D eigenvalue weighted by Crippen LogP contribution is 2.54.